The first-order valence-electron chi connectivity index (χ1n) is 8.61. The van der Waals surface area contributed by atoms with Gasteiger partial charge in [0, 0.05) is 4.88 Å². The van der Waals surface area contributed by atoms with Gasteiger partial charge in [0.05, 0.1) is 29.6 Å². The summed E-state index contributed by atoms with van der Waals surface area (Å²) in [5.41, 5.74) is 1.62. The number of aryl methyl sites for hydroxylation is 1. The van der Waals surface area contributed by atoms with Crippen LogP contribution in [-0.4, -0.2) is 37.9 Å². The lowest BCUT2D eigenvalue weighted by Gasteiger charge is -2.25. The highest BCUT2D eigenvalue weighted by molar-refractivity contribution is 7.91. The minimum Gasteiger partial charge on any atom is -0.349 e. The SMILES string of the molecule is Cc1ccc([C@H](NCC(=O)N[C@]2(C)CCS(=O)(=O)C2)c2cccs2)cc1. The molecule has 7 heteroatoms. The van der Waals surface area contributed by atoms with Crippen molar-refractivity contribution in [3.05, 3.63) is 57.8 Å². The van der Waals surface area contributed by atoms with Crippen LogP contribution in [0.25, 0.3) is 0 Å². The van der Waals surface area contributed by atoms with E-state index in [9.17, 15) is 13.2 Å². The molecule has 1 fully saturated rings. The van der Waals surface area contributed by atoms with Crippen LogP contribution in [0.4, 0.5) is 0 Å². The molecule has 0 spiro atoms. The second-order valence-electron chi connectivity index (χ2n) is 7.19. The van der Waals surface area contributed by atoms with Gasteiger partial charge in [0.25, 0.3) is 0 Å². The number of nitrogens with one attached hydrogen (secondary N) is 2. The van der Waals surface area contributed by atoms with Gasteiger partial charge in [0.2, 0.25) is 5.91 Å². The summed E-state index contributed by atoms with van der Waals surface area (Å²) in [5.74, 6) is -0.0329. The summed E-state index contributed by atoms with van der Waals surface area (Å²) in [7, 11) is -3.05. The van der Waals surface area contributed by atoms with Gasteiger partial charge in [0.1, 0.15) is 0 Å². The fraction of sp³-hybridized carbons (Fsp3) is 0.421. The Morgan fingerprint density at radius 1 is 1.27 bits per heavy atom. The van der Waals surface area contributed by atoms with Crippen LogP contribution in [-0.2, 0) is 14.6 Å². The number of hydrogen-bond donors (Lipinski definition) is 2. The van der Waals surface area contributed by atoms with Gasteiger partial charge < -0.3 is 5.32 Å². The van der Waals surface area contributed by atoms with E-state index in [2.05, 4.69) is 34.9 Å². The predicted octanol–water partition coefficient (Wildman–Crippen LogP) is 2.43. The zero-order chi connectivity index (χ0) is 18.8. The lowest BCUT2D eigenvalue weighted by molar-refractivity contribution is -0.121. The average molecular weight is 393 g/mol. The molecular weight excluding hydrogens is 368 g/mol. The maximum absolute atomic E-state index is 12.4. The highest BCUT2D eigenvalue weighted by atomic mass is 32.2. The van der Waals surface area contributed by atoms with Gasteiger partial charge in [-0.25, -0.2) is 8.42 Å². The second kappa shape index (κ2) is 7.50. The summed E-state index contributed by atoms with van der Waals surface area (Å²) in [6.07, 6.45) is 0.466. The second-order valence-corrected chi connectivity index (χ2v) is 10.4. The lowest BCUT2D eigenvalue weighted by Crippen LogP contribution is -2.50. The summed E-state index contributed by atoms with van der Waals surface area (Å²) >= 11 is 1.64. The van der Waals surface area contributed by atoms with Gasteiger partial charge in [0.15, 0.2) is 9.84 Å². The molecule has 1 aliphatic heterocycles. The molecule has 0 bridgehead atoms. The quantitative estimate of drug-likeness (QED) is 0.792. The molecule has 0 unspecified atom stereocenters. The number of carbonyl (C=O) groups excluding carboxylic acids is 1. The Hall–Kier alpha value is -1.70. The van der Waals surface area contributed by atoms with E-state index in [4.69, 9.17) is 0 Å². The van der Waals surface area contributed by atoms with E-state index >= 15 is 0 Å². The van der Waals surface area contributed by atoms with Gasteiger partial charge in [-0.2, -0.15) is 0 Å². The van der Waals surface area contributed by atoms with Crippen molar-refractivity contribution in [2.24, 2.45) is 0 Å². The molecule has 3 rings (SSSR count). The summed E-state index contributed by atoms with van der Waals surface area (Å²) in [4.78, 5) is 13.5. The molecule has 0 radical (unpaired) electrons. The third-order valence-electron chi connectivity index (χ3n) is 4.65. The molecule has 1 aliphatic rings. The lowest BCUT2D eigenvalue weighted by atomic mass is 10.0. The van der Waals surface area contributed by atoms with Gasteiger partial charge in [-0.3, -0.25) is 10.1 Å². The van der Waals surface area contributed by atoms with Crippen molar-refractivity contribution in [3.63, 3.8) is 0 Å². The van der Waals surface area contributed by atoms with E-state index in [-0.39, 0.29) is 30.0 Å². The summed E-state index contributed by atoms with van der Waals surface area (Å²) in [6.45, 7) is 3.97. The molecule has 2 atom stereocenters. The molecule has 1 aromatic carbocycles. The van der Waals surface area contributed by atoms with Crippen LogP contribution in [0.15, 0.2) is 41.8 Å². The van der Waals surface area contributed by atoms with Gasteiger partial charge in [-0.15, -0.1) is 11.3 Å². The molecule has 2 N–H and O–H groups in total. The average Bonchev–Trinajstić information content (AvgIpc) is 3.17. The summed E-state index contributed by atoms with van der Waals surface area (Å²) < 4.78 is 23.4. The minimum absolute atomic E-state index is 0.0120. The van der Waals surface area contributed by atoms with Crippen LogP contribution in [0, 0.1) is 6.92 Å². The standard InChI is InChI=1S/C19H24N2O3S2/c1-14-5-7-15(8-6-14)18(16-4-3-10-25-16)20-12-17(22)21-19(2)9-11-26(23,24)13-19/h3-8,10,18,20H,9,11-13H2,1-2H3,(H,21,22)/t18-,19+/m0/s1. The van der Waals surface area contributed by atoms with Crippen LogP contribution in [0.5, 0.6) is 0 Å². The number of hydrogen-bond acceptors (Lipinski definition) is 5. The Bertz CT molecular complexity index is 861. The molecule has 0 aliphatic carbocycles. The van der Waals surface area contributed by atoms with Gasteiger partial charge in [-0.05, 0) is 37.3 Å². The maximum atomic E-state index is 12.4. The Labute approximate surface area is 158 Å². The number of sulfone groups is 1. The number of benzene rings is 1. The summed E-state index contributed by atoms with van der Waals surface area (Å²) in [6, 6.07) is 12.2. The van der Waals surface area contributed by atoms with Crippen LogP contribution in [0.1, 0.15) is 35.4 Å². The number of rotatable bonds is 6. The largest absolute Gasteiger partial charge is 0.349 e. The van der Waals surface area contributed by atoms with E-state index in [1.807, 2.05) is 24.4 Å². The minimum atomic E-state index is -3.05. The molecule has 1 aromatic heterocycles. The van der Waals surface area contributed by atoms with Crippen molar-refractivity contribution in [3.8, 4) is 0 Å². The number of carbonyl (C=O) groups is 1. The monoisotopic (exact) mass is 392 g/mol. The van der Waals surface area contributed by atoms with Crippen LogP contribution < -0.4 is 10.6 Å². The summed E-state index contributed by atoms with van der Waals surface area (Å²) in [5, 5.41) is 8.23. The molecular formula is C19H24N2O3S2. The first-order chi connectivity index (χ1) is 12.3. The molecule has 5 nitrogen and oxygen atoms in total. The van der Waals surface area contributed by atoms with E-state index in [1.165, 1.54) is 5.56 Å². The molecule has 2 heterocycles. The molecule has 1 saturated heterocycles. The third kappa shape index (κ3) is 4.72. The molecule has 140 valence electrons. The van der Waals surface area contributed by atoms with Crippen molar-refractivity contribution in [1.29, 1.82) is 0 Å². The smallest absolute Gasteiger partial charge is 0.234 e. The van der Waals surface area contributed by atoms with Gasteiger partial charge >= 0.3 is 0 Å². The first kappa shape index (κ1) is 19.1. The van der Waals surface area contributed by atoms with Gasteiger partial charge in [-0.1, -0.05) is 35.9 Å². The van der Waals surface area contributed by atoms with E-state index in [1.54, 1.807) is 18.3 Å². The third-order valence-corrected chi connectivity index (χ3v) is 7.49. The molecule has 26 heavy (non-hydrogen) atoms. The Morgan fingerprint density at radius 3 is 2.58 bits per heavy atom. The number of amides is 1. The maximum Gasteiger partial charge on any atom is 0.234 e. The Morgan fingerprint density at radius 2 is 2.00 bits per heavy atom. The van der Waals surface area contributed by atoms with Crippen molar-refractivity contribution in [2.75, 3.05) is 18.1 Å². The van der Waals surface area contributed by atoms with E-state index in [0.717, 1.165) is 10.4 Å². The Balaban J connectivity index is 1.66. The Kier molecular flexibility index (Phi) is 5.50. The topological polar surface area (TPSA) is 75.3 Å². The fourth-order valence-corrected chi connectivity index (χ4v) is 6.20. The normalized spacial score (nSPS) is 22.8. The van der Waals surface area contributed by atoms with Crippen molar-refractivity contribution in [2.45, 2.75) is 31.8 Å². The van der Waals surface area contributed by atoms with Crippen molar-refractivity contribution >= 4 is 27.1 Å². The highest BCUT2D eigenvalue weighted by Crippen LogP contribution is 2.26. The zero-order valence-electron chi connectivity index (χ0n) is 15.0. The van der Waals surface area contributed by atoms with Crippen LogP contribution >= 0.6 is 11.3 Å². The van der Waals surface area contributed by atoms with E-state index < -0.39 is 15.4 Å². The number of thiophene rings is 1. The van der Waals surface area contributed by atoms with Crippen LogP contribution in [0.2, 0.25) is 0 Å². The zero-order valence-corrected chi connectivity index (χ0v) is 16.6. The van der Waals surface area contributed by atoms with Crippen molar-refractivity contribution < 1.29 is 13.2 Å². The fourth-order valence-electron chi connectivity index (χ4n) is 3.28. The highest BCUT2D eigenvalue weighted by Gasteiger charge is 2.39. The van der Waals surface area contributed by atoms with Crippen molar-refractivity contribution in [1.82, 2.24) is 10.6 Å². The van der Waals surface area contributed by atoms with Crippen LogP contribution in [0.3, 0.4) is 0 Å². The molecule has 0 saturated carbocycles. The molecule has 2 aromatic rings. The predicted molar refractivity (Wildman–Crippen MR) is 105 cm³/mol. The first-order valence-corrected chi connectivity index (χ1v) is 11.3. The van der Waals surface area contributed by atoms with E-state index in [0.29, 0.717) is 6.42 Å². The molecule has 1 amide bonds.